The van der Waals surface area contributed by atoms with Crippen molar-refractivity contribution in [2.24, 2.45) is 0 Å². The van der Waals surface area contributed by atoms with Crippen LogP contribution in [0.4, 0.5) is 23.7 Å². The summed E-state index contributed by atoms with van der Waals surface area (Å²) in [5, 5.41) is 2.87. The molecular weight excluding hydrogens is 409 g/mol. The minimum Gasteiger partial charge on any atom is -0.335 e. The largest absolute Gasteiger partial charge is 0.416 e. The van der Waals surface area contributed by atoms with E-state index in [9.17, 15) is 26.4 Å². The van der Waals surface area contributed by atoms with Crippen molar-refractivity contribution < 1.29 is 26.4 Å². The Bertz CT molecular complexity index is 881. The number of nitrogens with zero attached hydrogens (tertiary/aromatic N) is 3. The minimum absolute atomic E-state index is 0.0496. The first-order chi connectivity index (χ1) is 13.6. The Balaban J connectivity index is 1.54. The molecule has 0 aliphatic carbocycles. The highest BCUT2D eigenvalue weighted by Crippen LogP contribution is 2.32. The Morgan fingerprint density at radius 3 is 2.52 bits per heavy atom. The number of sulfonamides is 1. The molecule has 1 fully saturated rings. The number of piperidine rings is 1. The Kier molecular flexibility index (Phi) is 6.08. The summed E-state index contributed by atoms with van der Waals surface area (Å²) in [5.74, 6) is 0.0496. The summed E-state index contributed by atoms with van der Waals surface area (Å²) in [7, 11) is -3.23. The first-order valence-electron chi connectivity index (χ1n) is 9.27. The van der Waals surface area contributed by atoms with Gasteiger partial charge in [0.1, 0.15) is 6.67 Å². The minimum atomic E-state index is -4.43. The number of carbonyl (C=O) groups is 1. The van der Waals surface area contributed by atoms with Crippen LogP contribution in [0.2, 0.25) is 0 Å². The number of rotatable bonds is 4. The third-order valence-electron chi connectivity index (χ3n) is 5.04. The van der Waals surface area contributed by atoms with Gasteiger partial charge in [0.25, 0.3) is 0 Å². The zero-order valence-electron chi connectivity index (χ0n) is 15.9. The molecule has 0 bridgehead atoms. The molecule has 2 aliphatic heterocycles. The lowest BCUT2D eigenvalue weighted by molar-refractivity contribution is -0.137. The number of nitrogens with one attached hydrogen (secondary N) is 1. The van der Waals surface area contributed by atoms with Crippen LogP contribution in [0.5, 0.6) is 0 Å². The smallest absolute Gasteiger partial charge is 0.335 e. The highest BCUT2D eigenvalue weighted by molar-refractivity contribution is 7.89. The molecule has 0 atom stereocenters. The lowest BCUT2D eigenvalue weighted by atomic mass is 10.1. The summed E-state index contributed by atoms with van der Waals surface area (Å²) in [4.78, 5) is 15.4. The van der Waals surface area contributed by atoms with Gasteiger partial charge < -0.3 is 10.2 Å². The summed E-state index contributed by atoms with van der Waals surface area (Å²) in [6.45, 7) is 2.40. The predicted octanol–water partition coefficient (Wildman–Crippen LogP) is 2.78. The second-order valence-electron chi connectivity index (χ2n) is 6.95. The van der Waals surface area contributed by atoms with Gasteiger partial charge in [-0.2, -0.15) is 13.2 Å². The number of carbonyl (C=O) groups excluding carboxylic acids is 1. The van der Waals surface area contributed by atoms with E-state index in [0.29, 0.717) is 31.6 Å². The van der Waals surface area contributed by atoms with Gasteiger partial charge in [-0.05, 0) is 38.0 Å². The predicted molar refractivity (Wildman–Crippen MR) is 102 cm³/mol. The van der Waals surface area contributed by atoms with Crippen molar-refractivity contribution in [1.29, 1.82) is 0 Å². The van der Waals surface area contributed by atoms with Gasteiger partial charge in [0.2, 0.25) is 10.0 Å². The highest BCUT2D eigenvalue weighted by Gasteiger charge is 2.32. The maximum absolute atomic E-state index is 12.9. The molecule has 0 aromatic heterocycles. The monoisotopic (exact) mass is 432 g/mol. The van der Waals surface area contributed by atoms with Crippen LogP contribution in [-0.4, -0.2) is 55.2 Å². The van der Waals surface area contributed by atoms with E-state index < -0.39 is 21.8 Å². The van der Waals surface area contributed by atoms with E-state index in [1.807, 2.05) is 0 Å². The van der Waals surface area contributed by atoms with Crippen molar-refractivity contribution in [2.75, 3.05) is 30.4 Å². The molecule has 1 aromatic rings. The lowest BCUT2D eigenvalue weighted by Gasteiger charge is -2.32. The summed E-state index contributed by atoms with van der Waals surface area (Å²) in [6, 6.07) is 4.39. The van der Waals surface area contributed by atoms with Crippen molar-refractivity contribution >= 4 is 21.7 Å². The molecule has 3 rings (SSSR count). The molecule has 0 spiro atoms. The number of urea groups is 1. The van der Waals surface area contributed by atoms with E-state index in [1.165, 1.54) is 21.5 Å². The fourth-order valence-corrected chi connectivity index (χ4v) is 4.43. The summed E-state index contributed by atoms with van der Waals surface area (Å²) in [5.41, 5.74) is -0.412. The second-order valence-corrected chi connectivity index (χ2v) is 9.21. The van der Waals surface area contributed by atoms with Crippen LogP contribution in [0, 0.1) is 0 Å². The number of anilines is 1. The van der Waals surface area contributed by atoms with Gasteiger partial charge in [0, 0.05) is 37.2 Å². The topological polar surface area (TPSA) is 73.0 Å². The molecule has 2 heterocycles. The SMILES string of the molecule is CCS(=O)(=O)N1CCC(NC(=O)N2C=CN(c3cccc(C(F)(F)F)c3)C2)CC1. The maximum atomic E-state index is 12.9. The van der Waals surface area contributed by atoms with E-state index in [0.717, 1.165) is 12.1 Å². The lowest BCUT2D eigenvalue weighted by Crippen LogP contribution is -2.49. The molecule has 2 aliphatic rings. The molecule has 1 aromatic carbocycles. The maximum Gasteiger partial charge on any atom is 0.416 e. The van der Waals surface area contributed by atoms with Crippen LogP contribution < -0.4 is 10.2 Å². The van der Waals surface area contributed by atoms with Crippen molar-refractivity contribution in [3.05, 3.63) is 42.2 Å². The van der Waals surface area contributed by atoms with E-state index in [-0.39, 0.29) is 24.5 Å². The average molecular weight is 432 g/mol. The molecular formula is C18H23F3N4O3S. The van der Waals surface area contributed by atoms with E-state index in [1.54, 1.807) is 24.1 Å². The Morgan fingerprint density at radius 1 is 1.21 bits per heavy atom. The fraction of sp³-hybridized carbons (Fsp3) is 0.500. The molecule has 7 nitrogen and oxygen atoms in total. The summed E-state index contributed by atoms with van der Waals surface area (Å²) in [6.07, 6.45) is -0.353. The molecule has 0 unspecified atom stereocenters. The highest BCUT2D eigenvalue weighted by atomic mass is 32.2. The summed E-state index contributed by atoms with van der Waals surface area (Å²) >= 11 is 0. The quantitative estimate of drug-likeness (QED) is 0.794. The molecule has 0 saturated carbocycles. The van der Waals surface area contributed by atoms with Crippen LogP contribution in [-0.2, 0) is 16.2 Å². The van der Waals surface area contributed by atoms with Gasteiger partial charge >= 0.3 is 12.2 Å². The second kappa shape index (κ2) is 8.23. The number of hydrogen-bond acceptors (Lipinski definition) is 4. The van der Waals surface area contributed by atoms with Gasteiger partial charge in [0.15, 0.2) is 0 Å². The van der Waals surface area contributed by atoms with E-state index >= 15 is 0 Å². The Labute approximate surface area is 167 Å². The zero-order chi connectivity index (χ0) is 21.2. The van der Waals surface area contributed by atoms with Crippen LogP contribution >= 0.6 is 0 Å². The van der Waals surface area contributed by atoms with Gasteiger partial charge in [-0.15, -0.1) is 0 Å². The van der Waals surface area contributed by atoms with Crippen LogP contribution in [0.25, 0.3) is 0 Å². The molecule has 0 radical (unpaired) electrons. The Hall–Kier alpha value is -2.27. The van der Waals surface area contributed by atoms with Crippen LogP contribution in [0.1, 0.15) is 25.3 Å². The van der Waals surface area contributed by atoms with Gasteiger partial charge in [0.05, 0.1) is 11.3 Å². The molecule has 29 heavy (non-hydrogen) atoms. The van der Waals surface area contributed by atoms with Crippen LogP contribution in [0.3, 0.4) is 0 Å². The summed E-state index contributed by atoms with van der Waals surface area (Å²) < 4.78 is 63.9. The van der Waals surface area contributed by atoms with Crippen molar-refractivity contribution in [3.8, 4) is 0 Å². The first-order valence-corrected chi connectivity index (χ1v) is 10.9. The molecule has 11 heteroatoms. The van der Waals surface area contributed by atoms with Crippen LogP contribution in [0.15, 0.2) is 36.7 Å². The molecule has 1 N–H and O–H groups in total. The van der Waals surface area contributed by atoms with Crippen molar-refractivity contribution in [2.45, 2.75) is 32.0 Å². The number of amides is 2. The number of benzene rings is 1. The molecule has 160 valence electrons. The van der Waals surface area contributed by atoms with E-state index in [4.69, 9.17) is 0 Å². The van der Waals surface area contributed by atoms with Crippen molar-refractivity contribution in [1.82, 2.24) is 14.5 Å². The molecule has 1 saturated heterocycles. The third-order valence-corrected chi connectivity index (χ3v) is 6.92. The van der Waals surface area contributed by atoms with Gasteiger partial charge in [-0.25, -0.2) is 17.5 Å². The third kappa shape index (κ3) is 5.02. The standard InChI is InChI=1S/C18H23F3N4O3S/c1-2-29(27,28)25-8-6-15(7-9-25)22-17(26)24-11-10-23(13-24)16-5-3-4-14(12-16)18(19,20)21/h3-5,10-12,15H,2,6-9,13H2,1H3,(H,22,26). The first kappa shape index (κ1) is 21.4. The Morgan fingerprint density at radius 2 is 1.90 bits per heavy atom. The van der Waals surface area contributed by atoms with Gasteiger partial charge in [-0.3, -0.25) is 4.90 Å². The van der Waals surface area contributed by atoms with E-state index in [2.05, 4.69) is 5.32 Å². The average Bonchev–Trinajstić information content (AvgIpc) is 3.18. The normalized spacial score (nSPS) is 19.0. The van der Waals surface area contributed by atoms with Crippen molar-refractivity contribution in [3.63, 3.8) is 0 Å². The fourth-order valence-electron chi connectivity index (χ4n) is 3.30. The molecule has 2 amide bonds. The number of hydrogen-bond donors (Lipinski definition) is 1. The van der Waals surface area contributed by atoms with Gasteiger partial charge in [-0.1, -0.05) is 6.07 Å². The number of halogens is 3. The zero-order valence-corrected chi connectivity index (χ0v) is 16.7. The number of alkyl halides is 3.